The van der Waals surface area contributed by atoms with Crippen molar-refractivity contribution in [2.45, 2.75) is 38.7 Å². The van der Waals surface area contributed by atoms with Crippen LogP contribution in [0.25, 0.3) is 0 Å². The summed E-state index contributed by atoms with van der Waals surface area (Å²) in [6, 6.07) is 15.7. The van der Waals surface area contributed by atoms with Crippen LogP contribution in [-0.4, -0.2) is 31.6 Å². The highest BCUT2D eigenvalue weighted by Gasteiger charge is 2.18. The number of para-hydroxylation sites is 1. The van der Waals surface area contributed by atoms with E-state index in [2.05, 4.69) is 43.3 Å². The molecule has 0 spiro atoms. The molecular weight excluding hydrogens is 301 g/mol. The lowest BCUT2D eigenvalue weighted by Crippen LogP contribution is -2.17. The van der Waals surface area contributed by atoms with Crippen molar-refractivity contribution in [3.63, 3.8) is 0 Å². The molecule has 2 rings (SSSR count). The first-order chi connectivity index (χ1) is 11.5. The van der Waals surface area contributed by atoms with Crippen LogP contribution >= 0.6 is 0 Å². The predicted octanol–water partition coefficient (Wildman–Crippen LogP) is 4.89. The van der Waals surface area contributed by atoms with Crippen molar-refractivity contribution in [2.75, 3.05) is 20.6 Å². The lowest BCUT2D eigenvalue weighted by molar-refractivity contribution is 0.228. The van der Waals surface area contributed by atoms with Crippen LogP contribution in [-0.2, 0) is 6.42 Å². The lowest BCUT2D eigenvalue weighted by atomic mass is 9.88. The number of nitrogens with zero attached hydrogens (tertiary/aromatic N) is 1. The third-order valence-corrected chi connectivity index (χ3v) is 4.06. The van der Waals surface area contributed by atoms with E-state index >= 15 is 0 Å². The Morgan fingerprint density at radius 2 is 1.71 bits per heavy atom. The van der Waals surface area contributed by atoms with E-state index in [1.807, 2.05) is 26.0 Å². The van der Waals surface area contributed by atoms with Gasteiger partial charge in [0.1, 0.15) is 0 Å². The van der Waals surface area contributed by atoms with Crippen molar-refractivity contribution in [3.8, 4) is 5.75 Å². The van der Waals surface area contributed by atoms with E-state index in [1.165, 1.54) is 11.6 Å². The van der Waals surface area contributed by atoms with Gasteiger partial charge < -0.3 is 9.64 Å². The van der Waals surface area contributed by atoms with Gasteiger partial charge in [0, 0.05) is 0 Å². The summed E-state index contributed by atoms with van der Waals surface area (Å²) in [5, 5.41) is 0. The van der Waals surface area contributed by atoms with Gasteiger partial charge >= 0.3 is 0 Å². The summed E-state index contributed by atoms with van der Waals surface area (Å²) in [5.41, 5.74) is 2.23. The van der Waals surface area contributed by atoms with Gasteiger partial charge in [-0.2, -0.15) is 0 Å². The zero-order valence-electron chi connectivity index (χ0n) is 15.1. The molecule has 2 aromatic rings. The van der Waals surface area contributed by atoms with E-state index in [4.69, 9.17) is 4.74 Å². The molecule has 0 heterocycles. The van der Waals surface area contributed by atoms with Gasteiger partial charge in [0.05, 0.1) is 6.10 Å². The molecule has 0 bridgehead atoms. The molecule has 0 aromatic heterocycles. The average molecular weight is 329 g/mol. The molecule has 0 aliphatic heterocycles. The fourth-order valence-corrected chi connectivity index (χ4v) is 2.87. The van der Waals surface area contributed by atoms with Crippen LogP contribution in [0.5, 0.6) is 5.75 Å². The van der Waals surface area contributed by atoms with Crippen molar-refractivity contribution >= 4 is 0 Å². The summed E-state index contributed by atoms with van der Waals surface area (Å²) in [6.45, 7) is 4.85. The monoisotopic (exact) mass is 329 g/mol. The van der Waals surface area contributed by atoms with Gasteiger partial charge in [0.15, 0.2) is 11.6 Å². The minimum atomic E-state index is -0.277. The second-order valence-electron chi connectivity index (χ2n) is 6.80. The van der Waals surface area contributed by atoms with Crippen LogP contribution in [0, 0.1) is 5.82 Å². The Hall–Kier alpha value is -1.87. The van der Waals surface area contributed by atoms with Crippen LogP contribution in [0.3, 0.4) is 0 Å². The van der Waals surface area contributed by atoms with Gasteiger partial charge in [-0.25, -0.2) is 4.39 Å². The summed E-state index contributed by atoms with van der Waals surface area (Å²) in [6.07, 6.45) is 1.75. The summed E-state index contributed by atoms with van der Waals surface area (Å²) in [5.74, 6) is 0.462. The first kappa shape index (κ1) is 18.5. The van der Waals surface area contributed by atoms with Crippen LogP contribution in [0.2, 0.25) is 0 Å². The van der Waals surface area contributed by atoms with E-state index < -0.39 is 0 Å². The molecule has 130 valence electrons. The highest BCUT2D eigenvalue weighted by Crippen LogP contribution is 2.31. The summed E-state index contributed by atoms with van der Waals surface area (Å²) in [7, 11) is 4.16. The van der Waals surface area contributed by atoms with Crippen LogP contribution < -0.4 is 4.74 Å². The molecule has 1 unspecified atom stereocenters. The van der Waals surface area contributed by atoms with Gasteiger partial charge in [-0.05, 0) is 70.4 Å². The normalized spacial score (nSPS) is 12.6. The third-order valence-electron chi connectivity index (χ3n) is 4.06. The predicted molar refractivity (Wildman–Crippen MR) is 98.2 cm³/mol. The lowest BCUT2D eigenvalue weighted by Gasteiger charge is -2.22. The summed E-state index contributed by atoms with van der Waals surface area (Å²) in [4.78, 5) is 2.19. The minimum absolute atomic E-state index is 0.0439. The average Bonchev–Trinajstić information content (AvgIpc) is 2.54. The summed E-state index contributed by atoms with van der Waals surface area (Å²) < 4.78 is 20.0. The second-order valence-corrected chi connectivity index (χ2v) is 6.80. The van der Waals surface area contributed by atoms with Crippen molar-refractivity contribution in [2.24, 2.45) is 0 Å². The maximum Gasteiger partial charge on any atom is 0.165 e. The van der Waals surface area contributed by atoms with Crippen molar-refractivity contribution < 1.29 is 9.13 Å². The molecule has 24 heavy (non-hydrogen) atoms. The Morgan fingerprint density at radius 1 is 1.00 bits per heavy atom. The molecule has 0 amide bonds. The Bertz CT molecular complexity index is 625. The fourth-order valence-electron chi connectivity index (χ4n) is 2.87. The number of hydrogen-bond donors (Lipinski definition) is 0. The molecule has 0 saturated heterocycles. The number of hydrogen-bond acceptors (Lipinski definition) is 2. The Balaban J connectivity index is 2.27. The first-order valence-electron chi connectivity index (χ1n) is 8.61. The van der Waals surface area contributed by atoms with E-state index in [-0.39, 0.29) is 11.9 Å². The van der Waals surface area contributed by atoms with Gasteiger partial charge in [-0.15, -0.1) is 0 Å². The SMILES string of the molecule is CC(C)Oc1c(F)cccc1CC(CCN(C)C)c1ccccc1. The van der Waals surface area contributed by atoms with Crippen LogP contribution in [0.1, 0.15) is 37.3 Å². The van der Waals surface area contributed by atoms with Gasteiger partial charge in [0.2, 0.25) is 0 Å². The molecule has 0 N–H and O–H groups in total. The molecule has 0 fully saturated rings. The van der Waals surface area contributed by atoms with Gasteiger partial charge in [-0.3, -0.25) is 0 Å². The number of rotatable bonds is 8. The van der Waals surface area contributed by atoms with E-state index in [1.54, 1.807) is 6.07 Å². The molecule has 0 radical (unpaired) electrons. The smallest absolute Gasteiger partial charge is 0.165 e. The second kappa shape index (κ2) is 8.84. The summed E-state index contributed by atoms with van der Waals surface area (Å²) >= 11 is 0. The van der Waals surface area contributed by atoms with E-state index in [0.717, 1.165) is 24.9 Å². The molecule has 0 aliphatic rings. The van der Waals surface area contributed by atoms with E-state index in [9.17, 15) is 4.39 Å². The van der Waals surface area contributed by atoms with Crippen molar-refractivity contribution in [3.05, 3.63) is 65.5 Å². The Morgan fingerprint density at radius 3 is 2.33 bits per heavy atom. The largest absolute Gasteiger partial charge is 0.488 e. The quantitative estimate of drug-likeness (QED) is 0.683. The minimum Gasteiger partial charge on any atom is -0.488 e. The van der Waals surface area contributed by atoms with Gasteiger partial charge in [-0.1, -0.05) is 42.5 Å². The molecule has 2 nitrogen and oxygen atoms in total. The molecular formula is C21H28FNO. The van der Waals surface area contributed by atoms with E-state index in [0.29, 0.717) is 11.7 Å². The van der Waals surface area contributed by atoms with Crippen LogP contribution in [0.4, 0.5) is 4.39 Å². The highest BCUT2D eigenvalue weighted by molar-refractivity contribution is 5.37. The molecule has 0 saturated carbocycles. The maximum atomic E-state index is 14.2. The zero-order chi connectivity index (χ0) is 17.5. The highest BCUT2D eigenvalue weighted by atomic mass is 19.1. The molecule has 0 aliphatic carbocycles. The maximum absolute atomic E-state index is 14.2. The standard InChI is InChI=1S/C21H28FNO/c1-16(2)24-21-19(11-8-12-20(21)22)15-18(13-14-23(3)4)17-9-6-5-7-10-17/h5-12,16,18H,13-15H2,1-4H3. The number of halogens is 1. The van der Waals surface area contributed by atoms with Crippen molar-refractivity contribution in [1.29, 1.82) is 0 Å². The van der Waals surface area contributed by atoms with Crippen LogP contribution in [0.15, 0.2) is 48.5 Å². The van der Waals surface area contributed by atoms with Gasteiger partial charge in [0.25, 0.3) is 0 Å². The Kier molecular flexibility index (Phi) is 6.80. The first-order valence-corrected chi connectivity index (χ1v) is 8.61. The fraction of sp³-hybridized carbons (Fsp3) is 0.429. The number of ether oxygens (including phenoxy) is 1. The third kappa shape index (κ3) is 5.34. The molecule has 2 aromatic carbocycles. The Labute approximate surface area is 145 Å². The van der Waals surface area contributed by atoms with Crippen molar-refractivity contribution in [1.82, 2.24) is 4.90 Å². The topological polar surface area (TPSA) is 12.5 Å². The molecule has 1 atom stereocenters. The zero-order valence-corrected chi connectivity index (χ0v) is 15.1. The number of benzene rings is 2. The molecule has 3 heteroatoms.